The summed E-state index contributed by atoms with van der Waals surface area (Å²) in [4.78, 5) is 0. The van der Waals surface area contributed by atoms with E-state index in [1.54, 1.807) is 0 Å². The summed E-state index contributed by atoms with van der Waals surface area (Å²) in [5.41, 5.74) is 0. The van der Waals surface area contributed by atoms with Gasteiger partial charge in [-0.2, -0.15) is 0 Å². The van der Waals surface area contributed by atoms with Crippen LogP contribution in [-0.4, -0.2) is 0 Å². The summed E-state index contributed by atoms with van der Waals surface area (Å²) in [6.45, 7) is 10.3. The lowest BCUT2D eigenvalue weighted by Gasteiger charge is -1.91. The van der Waals surface area contributed by atoms with Crippen LogP contribution in [-0.2, 0) is 0 Å². The molecule has 0 aromatic carbocycles. The predicted molar refractivity (Wildman–Crippen MR) is 57.1 cm³/mol. The van der Waals surface area contributed by atoms with Crippen molar-refractivity contribution in [3.63, 3.8) is 0 Å². The molecule has 0 unspecified atom stereocenters. The highest BCUT2D eigenvalue weighted by atomic mass is 14.1. The van der Waals surface area contributed by atoms with Crippen LogP contribution in [0.2, 0.25) is 0 Å². The normalized spacial score (nSPS) is 15.0. The minimum absolute atomic E-state index is 0. The molecule has 1 aliphatic carbocycles. The Balaban J connectivity index is -0.000000114. The first-order valence-corrected chi connectivity index (χ1v) is 4.89. The maximum Gasteiger partial charge on any atom is -0.0443 e. The number of hydrogen-bond donors (Lipinski definition) is 0. The van der Waals surface area contributed by atoms with Gasteiger partial charge in [0.1, 0.15) is 0 Å². The van der Waals surface area contributed by atoms with Gasteiger partial charge in [0, 0.05) is 0 Å². The highest BCUT2D eigenvalue weighted by molar-refractivity contribution is 4.60. The van der Waals surface area contributed by atoms with Crippen molar-refractivity contribution >= 4 is 0 Å². The van der Waals surface area contributed by atoms with Crippen LogP contribution in [0.15, 0.2) is 0 Å². The van der Waals surface area contributed by atoms with Crippen molar-refractivity contribution in [2.24, 2.45) is 5.92 Å². The Kier molecular flexibility index (Phi) is 25.8. The van der Waals surface area contributed by atoms with E-state index in [9.17, 15) is 0 Å². The minimum Gasteiger partial charge on any atom is -0.0776 e. The molecule has 0 atom stereocenters. The Morgan fingerprint density at radius 2 is 1.09 bits per heavy atom. The highest BCUT2D eigenvalue weighted by Crippen LogP contribution is 2.22. The Morgan fingerprint density at radius 1 is 0.818 bits per heavy atom. The van der Waals surface area contributed by atoms with Gasteiger partial charge in [-0.25, -0.2) is 0 Å². The molecule has 0 amide bonds. The molecule has 0 nitrogen and oxygen atoms in total. The van der Waals surface area contributed by atoms with E-state index in [0.717, 1.165) is 5.92 Å². The molecule has 0 saturated heterocycles. The van der Waals surface area contributed by atoms with Crippen molar-refractivity contribution in [2.75, 3.05) is 0 Å². The van der Waals surface area contributed by atoms with E-state index in [2.05, 4.69) is 6.92 Å². The second kappa shape index (κ2) is 16.5. The lowest BCUT2D eigenvalue weighted by atomic mass is 10.2. The van der Waals surface area contributed by atoms with E-state index in [-0.39, 0.29) is 7.43 Å². The molecule has 1 fully saturated rings. The van der Waals surface area contributed by atoms with Crippen molar-refractivity contribution in [1.29, 1.82) is 0 Å². The largest absolute Gasteiger partial charge is 0.0776 e. The molecule has 0 aromatic heterocycles. The van der Waals surface area contributed by atoms with Gasteiger partial charge in [-0.15, -0.1) is 0 Å². The van der Waals surface area contributed by atoms with Crippen LogP contribution < -0.4 is 0 Å². The Bertz CT molecular complexity index is 33.3. The minimum atomic E-state index is 0. The Labute approximate surface area is 74.4 Å². The monoisotopic (exact) mass is 160 g/mol. The smallest absolute Gasteiger partial charge is 0.0443 e. The van der Waals surface area contributed by atoms with Gasteiger partial charge in [-0.3, -0.25) is 0 Å². The Morgan fingerprint density at radius 3 is 1.18 bits per heavy atom. The van der Waals surface area contributed by atoms with E-state index in [1.807, 2.05) is 27.7 Å². The standard InChI is InChI=1S/C6H12.2C2H6.CH4/c1-6-4-2-3-5-6;2*1-2;/h6H,2-5H2,1H3;2*1-2H3;1H4. The van der Waals surface area contributed by atoms with Crippen LogP contribution in [0.4, 0.5) is 0 Å². The first-order valence-electron chi connectivity index (χ1n) is 4.89. The SMILES string of the molecule is C.CC.CC.CC1CCCC1. The molecule has 0 N–H and O–H groups in total. The summed E-state index contributed by atoms with van der Waals surface area (Å²) in [7, 11) is 0. The fourth-order valence-corrected chi connectivity index (χ4v) is 1.13. The lowest BCUT2D eigenvalue weighted by Crippen LogP contribution is -1.78. The van der Waals surface area contributed by atoms with E-state index in [4.69, 9.17) is 0 Å². The zero-order valence-electron chi connectivity index (χ0n) is 8.41. The molecule has 1 aliphatic rings. The van der Waals surface area contributed by atoms with Crippen molar-refractivity contribution in [3.8, 4) is 0 Å². The quantitative estimate of drug-likeness (QED) is 0.473. The third-order valence-corrected chi connectivity index (χ3v) is 1.64. The van der Waals surface area contributed by atoms with E-state index < -0.39 is 0 Å². The maximum atomic E-state index is 2.34. The Hall–Kier alpha value is 0. The summed E-state index contributed by atoms with van der Waals surface area (Å²) in [5.74, 6) is 1.05. The fourth-order valence-electron chi connectivity index (χ4n) is 1.13. The average Bonchev–Trinajstić information content (AvgIpc) is 2.48. The average molecular weight is 160 g/mol. The molecule has 0 heterocycles. The molecule has 72 valence electrons. The molecule has 0 spiro atoms. The van der Waals surface area contributed by atoms with Gasteiger partial charge in [0.15, 0.2) is 0 Å². The summed E-state index contributed by atoms with van der Waals surface area (Å²) < 4.78 is 0. The molecule has 0 bridgehead atoms. The molecule has 0 radical (unpaired) electrons. The molecule has 0 aromatic rings. The maximum absolute atomic E-state index is 2.34. The van der Waals surface area contributed by atoms with Crippen LogP contribution in [0.3, 0.4) is 0 Å². The first kappa shape index (κ1) is 17.2. The van der Waals surface area contributed by atoms with E-state index >= 15 is 0 Å². The predicted octanol–water partition coefficient (Wildman–Crippen LogP) is 4.89. The van der Waals surface area contributed by atoms with Crippen LogP contribution in [0.5, 0.6) is 0 Å². The lowest BCUT2D eigenvalue weighted by molar-refractivity contribution is 0.612. The summed E-state index contributed by atoms with van der Waals surface area (Å²) in [5, 5.41) is 0. The van der Waals surface area contributed by atoms with Gasteiger partial charge in [-0.05, 0) is 5.92 Å². The van der Waals surface area contributed by atoms with Crippen LogP contribution in [0.25, 0.3) is 0 Å². The summed E-state index contributed by atoms with van der Waals surface area (Å²) in [6, 6.07) is 0. The van der Waals surface area contributed by atoms with Crippen molar-refractivity contribution in [1.82, 2.24) is 0 Å². The highest BCUT2D eigenvalue weighted by Gasteiger charge is 2.07. The molecule has 0 aliphatic heterocycles. The van der Waals surface area contributed by atoms with Gasteiger partial charge in [0.05, 0.1) is 0 Å². The molecule has 0 heteroatoms. The molecular formula is C11H28. The molecular weight excluding hydrogens is 132 g/mol. The summed E-state index contributed by atoms with van der Waals surface area (Å²) in [6.07, 6.45) is 5.95. The molecule has 1 rings (SSSR count). The topological polar surface area (TPSA) is 0 Å². The van der Waals surface area contributed by atoms with Crippen molar-refractivity contribution in [2.45, 2.75) is 67.7 Å². The van der Waals surface area contributed by atoms with Crippen LogP contribution in [0, 0.1) is 5.92 Å². The zero-order valence-corrected chi connectivity index (χ0v) is 8.41. The molecule has 1 saturated carbocycles. The van der Waals surface area contributed by atoms with Crippen LogP contribution >= 0.6 is 0 Å². The first-order chi connectivity index (χ1) is 4.89. The van der Waals surface area contributed by atoms with Gasteiger partial charge in [0.25, 0.3) is 0 Å². The third-order valence-electron chi connectivity index (χ3n) is 1.64. The van der Waals surface area contributed by atoms with Crippen molar-refractivity contribution in [3.05, 3.63) is 0 Å². The summed E-state index contributed by atoms with van der Waals surface area (Å²) >= 11 is 0. The van der Waals surface area contributed by atoms with Crippen molar-refractivity contribution < 1.29 is 0 Å². The van der Waals surface area contributed by atoms with Gasteiger partial charge in [-0.1, -0.05) is 67.7 Å². The number of hydrogen-bond acceptors (Lipinski definition) is 0. The van der Waals surface area contributed by atoms with Gasteiger partial charge < -0.3 is 0 Å². The third kappa shape index (κ3) is 13.1. The number of rotatable bonds is 0. The van der Waals surface area contributed by atoms with Crippen LogP contribution in [0.1, 0.15) is 67.7 Å². The van der Waals surface area contributed by atoms with E-state index in [1.165, 1.54) is 25.7 Å². The second-order valence-electron chi connectivity index (χ2n) is 2.39. The van der Waals surface area contributed by atoms with Gasteiger partial charge in [0.2, 0.25) is 0 Å². The second-order valence-corrected chi connectivity index (χ2v) is 2.39. The van der Waals surface area contributed by atoms with Gasteiger partial charge >= 0.3 is 0 Å². The van der Waals surface area contributed by atoms with E-state index in [0.29, 0.717) is 0 Å². The fraction of sp³-hybridized carbons (Fsp3) is 1.00. The molecule has 11 heavy (non-hydrogen) atoms. The zero-order chi connectivity index (χ0) is 8.41.